The van der Waals surface area contributed by atoms with Gasteiger partial charge in [0.15, 0.2) is 4.34 Å². The quantitative estimate of drug-likeness (QED) is 0.478. The summed E-state index contributed by atoms with van der Waals surface area (Å²) in [4.78, 5) is 25.8. The van der Waals surface area contributed by atoms with E-state index in [1.54, 1.807) is 6.08 Å². The van der Waals surface area contributed by atoms with Crippen molar-refractivity contribution >= 4 is 46.1 Å². The Hall–Kier alpha value is -2.19. The summed E-state index contributed by atoms with van der Waals surface area (Å²) in [5.41, 5.74) is 0.951. The summed E-state index contributed by atoms with van der Waals surface area (Å²) in [6, 6.07) is 9.58. The third kappa shape index (κ3) is 5.40. The Kier molecular flexibility index (Phi) is 6.19. The molecule has 8 heteroatoms. The molecule has 2 heterocycles. The van der Waals surface area contributed by atoms with Crippen LogP contribution in [0.15, 0.2) is 40.7 Å². The molecule has 130 valence electrons. The number of amides is 2. The van der Waals surface area contributed by atoms with Crippen LogP contribution in [0.2, 0.25) is 0 Å². The van der Waals surface area contributed by atoms with Crippen LogP contribution in [-0.4, -0.2) is 45.8 Å². The zero-order valence-electron chi connectivity index (χ0n) is 13.6. The minimum Gasteiger partial charge on any atom is -0.342 e. The number of nitrogens with one attached hydrogen (secondary N) is 1. The normalized spacial score (nSPS) is 14.2. The van der Waals surface area contributed by atoms with E-state index < -0.39 is 0 Å². The van der Waals surface area contributed by atoms with Gasteiger partial charge in [0.2, 0.25) is 16.9 Å². The summed E-state index contributed by atoms with van der Waals surface area (Å²) in [6.07, 6.45) is 5.37. The van der Waals surface area contributed by atoms with Gasteiger partial charge < -0.3 is 4.90 Å². The lowest BCUT2D eigenvalue weighted by molar-refractivity contribution is -0.127. The van der Waals surface area contributed by atoms with Crippen LogP contribution in [0.1, 0.15) is 18.4 Å². The molecule has 0 bridgehead atoms. The first-order valence-electron chi connectivity index (χ1n) is 7.99. The fraction of sp³-hybridized carbons (Fsp3) is 0.294. The van der Waals surface area contributed by atoms with Crippen LogP contribution in [0.3, 0.4) is 0 Å². The van der Waals surface area contributed by atoms with Gasteiger partial charge in [-0.25, -0.2) is 0 Å². The molecular weight excluding hydrogens is 356 g/mol. The van der Waals surface area contributed by atoms with Crippen LogP contribution in [0.4, 0.5) is 5.13 Å². The largest absolute Gasteiger partial charge is 0.342 e. The lowest BCUT2D eigenvalue weighted by Crippen LogP contribution is -2.29. The molecule has 6 nitrogen and oxygen atoms in total. The highest BCUT2D eigenvalue weighted by Crippen LogP contribution is 2.26. The third-order valence-electron chi connectivity index (χ3n) is 3.64. The maximum absolute atomic E-state index is 12.0. The standard InChI is InChI=1S/C17H18N4O2S2/c22-14(9-8-13-6-2-1-3-7-13)18-16-19-20-17(25-16)24-12-15(23)21-10-4-5-11-21/h1-3,6-9H,4-5,10-12H2,(H,18,19,22)/b9-8+. The van der Waals surface area contributed by atoms with E-state index in [2.05, 4.69) is 15.5 Å². The van der Waals surface area contributed by atoms with Gasteiger partial charge in [-0.1, -0.05) is 53.4 Å². The molecule has 1 aromatic carbocycles. The molecule has 0 unspecified atom stereocenters. The van der Waals surface area contributed by atoms with Crippen LogP contribution in [-0.2, 0) is 9.59 Å². The molecule has 2 amide bonds. The number of nitrogens with zero attached hydrogens (tertiary/aromatic N) is 3. The minimum atomic E-state index is -0.260. The molecule has 25 heavy (non-hydrogen) atoms. The summed E-state index contributed by atoms with van der Waals surface area (Å²) >= 11 is 2.63. The molecule has 1 saturated heterocycles. The molecule has 0 saturated carbocycles. The van der Waals surface area contributed by atoms with Crippen molar-refractivity contribution in [2.24, 2.45) is 0 Å². The topological polar surface area (TPSA) is 75.2 Å². The van der Waals surface area contributed by atoms with E-state index in [9.17, 15) is 9.59 Å². The summed E-state index contributed by atoms with van der Waals surface area (Å²) < 4.78 is 0.676. The Morgan fingerprint density at radius 1 is 1.20 bits per heavy atom. The lowest BCUT2D eigenvalue weighted by Gasteiger charge is -2.13. The van der Waals surface area contributed by atoms with E-state index in [-0.39, 0.29) is 11.8 Å². The Morgan fingerprint density at radius 2 is 1.96 bits per heavy atom. The van der Waals surface area contributed by atoms with Gasteiger partial charge >= 0.3 is 0 Å². The smallest absolute Gasteiger partial charge is 0.250 e. The molecule has 1 aliphatic rings. The first kappa shape index (κ1) is 17.6. The summed E-state index contributed by atoms with van der Waals surface area (Å²) in [7, 11) is 0. The fourth-order valence-corrected chi connectivity index (χ4v) is 4.04. The summed E-state index contributed by atoms with van der Waals surface area (Å²) in [5, 5.41) is 11.1. The number of anilines is 1. The second-order valence-electron chi connectivity index (χ2n) is 5.48. The predicted molar refractivity (Wildman–Crippen MR) is 101 cm³/mol. The Labute approximate surface area is 154 Å². The Morgan fingerprint density at radius 3 is 2.72 bits per heavy atom. The predicted octanol–water partition coefficient (Wildman–Crippen LogP) is 2.90. The van der Waals surface area contributed by atoms with Gasteiger partial charge in [0.05, 0.1) is 5.75 Å². The van der Waals surface area contributed by atoms with E-state index in [0.717, 1.165) is 31.5 Å². The van der Waals surface area contributed by atoms with Crippen molar-refractivity contribution in [3.63, 3.8) is 0 Å². The first-order valence-corrected chi connectivity index (χ1v) is 9.79. The van der Waals surface area contributed by atoms with Gasteiger partial charge in [0.25, 0.3) is 0 Å². The third-order valence-corrected chi connectivity index (χ3v) is 5.60. The molecule has 1 fully saturated rings. The van der Waals surface area contributed by atoms with Crippen LogP contribution in [0.5, 0.6) is 0 Å². The van der Waals surface area contributed by atoms with Crippen LogP contribution < -0.4 is 5.32 Å². The van der Waals surface area contributed by atoms with Crippen molar-refractivity contribution in [2.45, 2.75) is 17.2 Å². The zero-order valence-corrected chi connectivity index (χ0v) is 15.2. The molecule has 1 aliphatic heterocycles. The zero-order chi connectivity index (χ0) is 17.5. The number of hydrogen-bond donors (Lipinski definition) is 1. The number of carbonyl (C=O) groups is 2. The molecular formula is C17H18N4O2S2. The van der Waals surface area contributed by atoms with Gasteiger partial charge in [-0.15, -0.1) is 10.2 Å². The number of benzene rings is 1. The number of hydrogen-bond acceptors (Lipinski definition) is 6. The molecule has 0 atom stereocenters. The highest BCUT2D eigenvalue weighted by molar-refractivity contribution is 8.01. The average molecular weight is 374 g/mol. The number of carbonyl (C=O) groups excluding carboxylic acids is 2. The van der Waals surface area contributed by atoms with Gasteiger partial charge in [0, 0.05) is 19.2 Å². The number of rotatable bonds is 6. The van der Waals surface area contributed by atoms with Gasteiger partial charge in [-0.3, -0.25) is 14.9 Å². The Bertz CT molecular complexity index is 755. The van der Waals surface area contributed by atoms with Crippen LogP contribution in [0, 0.1) is 0 Å². The van der Waals surface area contributed by atoms with Gasteiger partial charge in [0.1, 0.15) is 0 Å². The van der Waals surface area contributed by atoms with Crippen molar-refractivity contribution in [2.75, 3.05) is 24.2 Å². The second-order valence-corrected chi connectivity index (χ2v) is 7.68. The fourth-order valence-electron chi connectivity index (χ4n) is 2.38. The van der Waals surface area contributed by atoms with E-state index in [1.165, 1.54) is 29.2 Å². The van der Waals surface area contributed by atoms with Crippen molar-refractivity contribution in [3.8, 4) is 0 Å². The molecule has 0 aliphatic carbocycles. The average Bonchev–Trinajstić information content (AvgIpc) is 3.31. The van der Waals surface area contributed by atoms with Gasteiger partial charge in [-0.05, 0) is 24.5 Å². The number of thioether (sulfide) groups is 1. The van der Waals surface area contributed by atoms with Crippen molar-refractivity contribution in [3.05, 3.63) is 42.0 Å². The van der Waals surface area contributed by atoms with E-state index in [0.29, 0.717) is 15.2 Å². The molecule has 2 aromatic rings. The van der Waals surface area contributed by atoms with Crippen molar-refractivity contribution in [1.29, 1.82) is 0 Å². The minimum absolute atomic E-state index is 0.133. The van der Waals surface area contributed by atoms with Crippen molar-refractivity contribution in [1.82, 2.24) is 15.1 Å². The molecule has 3 rings (SSSR count). The van der Waals surface area contributed by atoms with Crippen LogP contribution in [0.25, 0.3) is 6.08 Å². The number of aromatic nitrogens is 2. The maximum Gasteiger partial charge on any atom is 0.250 e. The molecule has 1 aromatic heterocycles. The van der Waals surface area contributed by atoms with E-state index >= 15 is 0 Å². The number of likely N-dealkylation sites (tertiary alicyclic amines) is 1. The second kappa shape index (κ2) is 8.77. The molecule has 0 spiro atoms. The molecule has 0 radical (unpaired) electrons. The van der Waals surface area contributed by atoms with E-state index in [1.807, 2.05) is 35.2 Å². The SMILES string of the molecule is O=C(/C=C/c1ccccc1)Nc1nnc(SCC(=O)N2CCCC2)s1. The first-order chi connectivity index (χ1) is 12.2. The monoisotopic (exact) mass is 374 g/mol. The van der Waals surface area contributed by atoms with Gasteiger partial charge in [-0.2, -0.15) is 0 Å². The maximum atomic E-state index is 12.0. The molecule has 1 N–H and O–H groups in total. The van der Waals surface area contributed by atoms with Crippen molar-refractivity contribution < 1.29 is 9.59 Å². The summed E-state index contributed by atoms with van der Waals surface area (Å²) in [5.74, 6) is 0.231. The Balaban J connectivity index is 1.47. The van der Waals surface area contributed by atoms with Crippen LogP contribution >= 0.6 is 23.1 Å². The summed E-state index contributed by atoms with van der Waals surface area (Å²) in [6.45, 7) is 1.70. The highest BCUT2D eigenvalue weighted by atomic mass is 32.2. The lowest BCUT2D eigenvalue weighted by atomic mass is 10.2. The highest BCUT2D eigenvalue weighted by Gasteiger charge is 2.18. The van der Waals surface area contributed by atoms with E-state index in [4.69, 9.17) is 0 Å².